The maximum atomic E-state index is 5.23. The molecule has 1 aromatic heterocycles. The van der Waals surface area contributed by atoms with Gasteiger partial charge >= 0.3 is 0 Å². The average Bonchev–Trinajstić information content (AvgIpc) is 3.44. The Morgan fingerprint density at radius 3 is 1.78 bits per heavy atom. The minimum atomic E-state index is -0.118. The Kier molecular flexibility index (Phi) is 7.78. The number of rotatable bonds is 3. The van der Waals surface area contributed by atoms with Gasteiger partial charge < -0.3 is 0 Å². The third-order valence-electron chi connectivity index (χ3n) is 11.0. The molecular formula is C51H36N2S. The van der Waals surface area contributed by atoms with E-state index in [4.69, 9.17) is 9.97 Å². The summed E-state index contributed by atoms with van der Waals surface area (Å²) in [5, 5.41) is 0. The van der Waals surface area contributed by atoms with Gasteiger partial charge in [0.2, 0.25) is 0 Å². The molecule has 54 heavy (non-hydrogen) atoms. The van der Waals surface area contributed by atoms with E-state index in [9.17, 15) is 0 Å². The Morgan fingerprint density at radius 2 is 1.00 bits per heavy atom. The first-order valence-corrected chi connectivity index (χ1v) is 19.3. The summed E-state index contributed by atoms with van der Waals surface area (Å²) in [6.45, 7) is 4.73. The number of hydrogen-bond donors (Lipinski definition) is 0. The van der Waals surface area contributed by atoms with Gasteiger partial charge in [0, 0.05) is 31.9 Å². The van der Waals surface area contributed by atoms with Crippen molar-refractivity contribution in [3.63, 3.8) is 0 Å². The molecule has 0 unspecified atom stereocenters. The summed E-state index contributed by atoms with van der Waals surface area (Å²) < 4.78 is 0. The normalized spacial score (nSPS) is 14.0. The smallest absolute Gasteiger partial charge is 0.160 e. The lowest BCUT2D eigenvalue weighted by molar-refractivity contribution is 0.659. The summed E-state index contributed by atoms with van der Waals surface area (Å²) in [4.78, 5) is 12.8. The highest BCUT2D eigenvalue weighted by Gasteiger charge is 2.36. The molecule has 7 aromatic carbocycles. The van der Waals surface area contributed by atoms with Gasteiger partial charge in [0.05, 0.1) is 11.4 Å². The van der Waals surface area contributed by atoms with Crippen molar-refractivity contribution >= 4 is 23.9 Å². The Morgan fingerprint density at radius 1 is 0.389 bits per heavy atom. The molecule has 0 radical (unpaired) electrons. The van der Waals surface area contributed by atoms with E-state index in [2.05, 4.69) is 172 Å². The lowest BCUT2D eigenvalue weighted by atomic mass is 9.82. The predicted octanol–water partition coefficient (Wildman–Crippen LogP) is 13.8. The van der Waals surface area contributed by atoms with E-state index in [-0.39, 0.29) is 5.41 Å². The fraction of sp³-hybridized carbons (Fsp3) is 0.0588. The van der Waals surface area contributed by atoms with Gasteiger partial charge in [-0.25, -0.2) is 9.97 Å². The summed E-state index contributed by atoms with van der Waals surface area (Å²) in [6, 6.07) is 61.1. The van der Waals surface area contributed by atoms with Crippen molar-refractivity contribution in [2.24, 2.45) is 0 Å². The fourth-order valence-electron chi connectivity index (χ4n) is 8.15. The second kappa shape index (κ2) is 13.0. The SMILES string of the molecule is CC1(C)c2ccccc2-c2cc3c(cc21)Sc1ccccc1-c1ccccc1/C=C\c1ccc(-c2cc(-c4ccccc4)nc(-c4ccccc4)n2)cc1-3. The summed E-state index contributed by atoms with van der Waals surface area (Å²) in [6.07, 6.45) is 4.56. The van der Waals surface area contributed by atoms with Crippen molar-refractivity contribution in [3.8, 4) is 67.3 Å². The van der Waals surface area contributed by atoms with Crippen LogP contribution in [-0.4, -0.2) is 9.97 Å². The van der Waals surface area contributed by atoms with Crippen LogP contribution in [-0.2, 0) is 5.41 Å². The number of nitrogens with zero attached hydrogens (tertiary/aromatic N) is 2. The molecule has 0 saturated heterocycles. The first-order valence-electron chi connectivity index (χ1n) is 18.5. The third-order valence-corrected chi connectivity index (χ3v) is 12.1. The van der Waals surface area contributed by atoms with Crippen LogP contribution in [0.3, 0.4) is 0 Å². The monoisotopic (exact) mass is 708 g/mol. The van der Waals surface area contributed by atoms with Crippen molar-refractivity contribution in [2.75, 3.05) is 0 Å². The van der Waals surface area contributed by atoms with Crippen LogP contribution < -0.4 is 0 Å². The highest BCUT2D eigenvalue weighted by molar-refractivity contribution is 7.99. The summed E-state index contributed by atoms with van der Waals surface area (Å²) in [7, 11) is 0. The molecule has 8 aromatic rings. The molecule has 2 aliphatic rings. The summed E-state index contributed by atoms with van der Waals surface area (Å²) in [5.74, 6) is 0.712. The molecule has 10 rings (SSSR count). The Hall–Kier alpha value is -6.29. The van der Waals surface area contributed by atoms with Crippen LogP contribution in [0.4, 0.5) is 0 Å². The largest absolute Gasteiger partial charge is 0.228 e. The van der Waals surface area contributed by atoms with Gasteiger partial charge in [0.1, 0.15) is 0 Å². The average molecular weight is 709 g/mol. The first-order chi connectivity index (χ1) is 26.5. The second-order valence-electron chi connectivity index (χ2n) is 14.6. The van der Waals surface area contributed by atoms with Gasteiger partial charge in [-0.05, 0) is 86.0 Å². The van der Waals surface area contributed by atoms with E-state index in [1.54, 1.807) is 0 Å². The minimum absolute atomic E-state index is 0.118. The zero-order chi connectivity index (χ0) is 36.2. The van der Waals surface area contributed by atoms with Crippen molar-refractivity contribution in [1.82, 2.24) is 9.97 Å². The maximum absolute atomic E-state index is 5.23. The van der Waals surface area contributed by atoms with Crippen LogP contribution in [0.5, 0.6) is 0 Å². The molecule has 0 bridgehead atoms. The zero-order valence-electron chi connectivity index (χ0n) is 30.1. The molecule has 0 saturated carbocycles. The lowest BCUT2D eigenvalue weighted by Crippen LogP contribution is -2.15. The molecule has 1 aliphatic carbocycles. The number of hydrogen-bond acceptors (Lipinski definition) is 3. The summed E-state index contributed by atoms with van der Waals surface area (Å²) >= 11 is 1.87. The van der Waals surface area contributed by atoms with Crippen LogP contribution in [0, 0.1) is 0 Å². The molecule has 0 amide bonds. The zero-order valence-corrected chi connectivity index (χ0v) is 30.9. The number of aromatic nitrogens is 2. The molecule has 2 heterocycles. The van der Waals surface area contributed by atoms with Gasteiger partial charge in [-0.15, -0.1) is 0 Å². The van der Waals surface area contributed by atoms with E-state index in [0.717, 1.165) is 33.6 Å². The molecule has 3 heteroatoms. The van der Waals surface area contributed by atoms with E-state index < -0.39 is 0 Å². The molecule has 256 valence electrons. The van der Waals surface area contributed by atoms with Crippen molar-refractivity contribution in [1.29, 1.82) is 0 Å². The molecule has 0 atom stereocenters. The standard InChI is InChI=1S/C51H36N2S/c1-51(2)44-23-13-11-21-39(44)42-30-43-41-29-37(47-32-46(35-16-5-3-6-17-35)52-50(53-47)36-18-7-4-8-19-36)28-27-34(41)26-25-33-15-9-10-20-38(33)40-22-12-14-24-48(40)54-49(43)31-45(42)51/h3-32H,1-2H3/b26-25-. The Labute approximate surface area is 321 Å². The van der Waals surface area contributed by atoms with E-state index in [1.807, 2.05) is 36.0 Å². The fourth-order valence-corrected chi connectivity index (χ4v) is 9.28. The lowest BCUT2D eigenvalue weighted by Gasteiger charge is -2.23. The highest BCUT2D eigenvalue weighted by atomic mass is 32.2. The molecular weight excluding hydrogens is 673 g/mol. The molecule has 1 aliphatic heterocycles. The molecule has 0 N–H and O–H groups in total. The van der Waals surface area contributed by atoms with Gasteiger partial charge in [0.25, 0.3) is 0 Å². The van der Waals surface area contributed by atoms with Gasteiger partial charge in [0.15, 0.2) is 5.82 Å². The third kappa shape index (κ3) is 5.52. The Balaban J connectivity index is 1.24. The highest BCUT2D eigenvalue weighted by Crippen LogP contribution is 2.53. The minimum Gasteiger partial charge on any atom is -0.228 e. The number of benzene rings is 7. The predicted molar refractivity (Wildman–Crippen MR) is 226 cm³/mol. The molecule has 2 nitrogen and oxygen atoms in total. The topological polar surface area (TPSA) is 25.8 Å². The van der Waals surface area contributed by atoms with Crippen LogP contribution in [0.25, 0.3) is 79.4 Å². The van der Waals surface area contributed by atoms with Crippen LogP contribution in [0.1, 0.15) is 36.1 Å². The van der Waals surface area contributed by atoms with Crippen LogP contribution in [0.2, 0.25) is 0 Å². The molecule has 0 spiro atoms. The van der Waals surface area contributed by atoms with E-state index >= 15 is 0 Å². The van der Waals surface area contributed by atoms with Gasteiger partial charge in [-0.1, -0.05) is 177 Å². The van der Waals surface area contributed by atoms with Crippen molar-refractivity contribution in [2.45, 2.75) is 29.1 Å². The van der Waals surface area contributed by atoms with Gasteiger partial charge in [-0.3, -0.25) is 0 Å². The van der Waals surface area contributed by atoms with Crippen molar-refractivity contribution < 1.29 is 0 Å². The van der Waals surface area contributed by atoms with Crippen LogP contribution >= 0.6 is 11.8 Å². The van der Waals surface area contributed by atoms with E-state index in [0.29, 0.717) is 5.82 Å². The van der Waals surface area contributed by atoms with Crippen LogP contribution in [0.15, 0.2) is 180 Å². The van der Waals surface area contributed by atoms with Crippen molar-refractivity contribution in [3.05, 3.63) is 192 Å². The second-order valence-corrected chi connectivity index (χ2v) is 15.7. The quantitative estimate of drug-likeness (QED) is 0.183. The Bertz CT molecular complexity index is 2710. The first kappa shape index (κ1) is 32.4. The van der Waals surface area contributed by atoms with E-state index in [1.165, 1.54) is 59.9 Å². The van der Waals surface area contributed by atoms with Gasteiger partial charge in [-0.2, -0.15) is 0 Å². The summed E-state index contributed by atoms with van der Waals surface area (Å²) in [5.41, 5.74) is 17.4. The molecule has 0 fully saturated rings. The maximum Gasteiger partial charge on any atom is 0.160 e. The number of fused-ring (bicyclic) bond motifs is 9.